The van der Waals surface area contributed by atoms with Gasteiger partial charge in [0.25, 0.3) is 0 Å². The van der Waals surface area contributed by atoms with Crippen molar-refractivity contribution in [3.05, 3.63) is 0 Å². The molecule has 0 bridgehead atoms. The van der Waals surface area contributed by atoms with Crippen molar-refractivity contribution >= 4 is 0 Å². The average Bonchev–Trinajstić information content (AvgIpc) is 3.53. The molecule has 0 amide bonds. The lowest BCUT2D eigenvalue weighted by Crippen LogP contribution is -2.45. The van der Waals surface area contributed by atoms with Crippen molar-refractivity contribution in [2.24, 2.45) is 11.5 Å². The largest absolute Gasteiger partial charge is 0.392 e. The molecule has 12 N–H and O–H groups in total. The van der Waals surface area contributed by atoms with Crippen molar-refractivity contribution in [1.29, 1.82) is 0 Å². The Labute approximate surface area is 530 Å². The van der Waals surface area contributed by atoms with Gasteiger partial charge in [-0.15, -0.1) is 0 Å². The molecule has 0 fully saturated rings. The molecule has 0 aromatic rings. The monoisotopic (exact) mass is 1210 g/mol. The van der Waals surface area contributed by atoms with Crippen LogP contribution in [0.4, 0.5) is 0 Å². The second kappa shape index (κ2) is 70.9. The smallest absolute Gasteiger partial charge is 0.0664 e. The minimum atomic E-state index is -0.267. The summed E-state index contributed by atoms with van der Waals surface area (Å²) in [6.45, 7) is 30.7. The molecule has 0 spiro atoms. The van der Waals surface area contributed by atoms with E-state index in [1.54, 1.807) is 0 Å². The average molecular weight is 1210 g/mol. The predicted octanol–water partition coefficient (Wildman–Crippen LogP) is 11.8. The summed E-state index contributed by atoms with van der Waals surface area (Å²) < 4.78 is 0. The van der Waals surface area contributed by atoms with Gasteiger partial charge in [-0.25, -0.2) is 0 Å². The zero-order valence-corrected chi connectivity index (χ0v) is 57.8. The van der Waals surface area contributed by atoms with Gasteiger partial charge in [-0.05, 0) is 32.2 Å². The molecule has 0 rings (SSSR count). The fourth-order valence-electron chi connectivity index (χ4n) is 11.9. The quantitative estimate of drug-likeness (QED) is 0.0259. The molecule has 0 aromatic heterocycles. The third-order valence-electron chi connectivity index (χ3n) is 17.7. The molecule has 3 unspecified atom stereocenters. The Morgan fingerprint density at radius 3 is 0.753 bits per heavy atom. The predicted molar refractivity (Wildman–Crippen MR) is 374 cm³/mol. The minimum absolute atomic E-state index is 0.259. The van der Waals surface area contributed by atoms with Crippen LogP contribution in [0.15, 0.2) is 0 Å². The Bertz CT molecular complexity index is 1230. The van der Waals surface area contributed by atoms with E-state index in [2.05, 4.69) is 73.9 Å². The number of nitrogens with two attached hydrogens (primary N) is 2. The van der Waals surface area contributed by atoms with Gasteiger partial charge in [0.15, 0.2) is 0 Å². The van der Waals surface area contributed by atoms with Gasteiger partial charge in [-0.3, -0.25) is 14.7 Å². The Morgan fingerprint density at radius 1 is 0.235 bits per heavy atom. The molecule has 14 heteroatoms. The van der Waals surface area contributed by atoms with Crippen LogP contribution in [0.3, 0.4) is 0 Å². The van der Waals surface area contributed by atoms with E-state index in [1.165, 1.54) is 218 Å². The van der Waals surface area contributed by atoms with E-state index < -0.39 is 0 Å². The van der Waals surface area contributed by atoms with Crippen LogP contribution < -0.4 is 38.1 Å². The Balaban J connectivity index is 5.09. The normalized spacial score (nSPS) is 13.2. The highest BCUT2D eigenvalue weighted by Gasteiger charge is 2.14. The van der Waals surface area contributed by atoms with E-state index in [1.807, 2.05) is 0 Å². The Morgan fingerprint density at radius 2 is 0.447 bits per heavy atom. The summed E-state index contributed by atoms with van der Waals surface area (Å²) in [5, 5.41) is 50.2. The van der Waals surface area contributed by atoms with Crippen molar-refractivity contribution < 1.29 is 15.3 Å². The van der Waals surface area contributed by atoms with Crippen LogP contribution in [0.25, 0.3) is 0 Å². The van der Waals surface area contributed by atoms with Crippen molar-refractivity contribution in [3.63, 3.8) is 0 Å². The van der Waals surface area contributed by atoms with Crippen molar-refractivity contribution in [3.8, 4) is 0 Å². The van der Waals surface area contributed by atoms with Crippen LogP contribution in [0.2, 0.25) is 0 Å². The molecule has 0 aliphatic carbocycles. The molecular formula is C71H155N11O3. The van der Waals surface area contributed by atoms with E-state index in [0.717, 1.165) is 163 Å². The lowest BCUT2D eigenvalue weighted by Gasteiger charge is -2.30. The van der Waals surface area contributed by atoms with Crippen LogP contribution in [0.1, 0.15) is 285 Å². The number of rotatable bonds is 75. The third-order valence-corrected chi connectivity index (χ3v) is 17.7. The van der Waals surface area contributed by atoms with E-state index in [0.29, 0.717) is 32.7 Å². The van der Waals surface area contributed by atoms with Crippen LogP contribution in [-0.2, 0) is 0 Å². The zero-order valence-electron chi connectivity index (χ0n) is 57.8. The summed E-state index contributed by atoms with van der Waals surface area (Å²) >= 11 is 0. The fraction of sp³-hybridized carbons (Fsp3) is 1.00. The molecule has 3 atom stereocenters. The minimum Gasteiger partial charge on any atom is -0.392 e. The topological polar surface area (TPSA) is 186 Å². The fourth-order valence-corrected chi connectivity index (χ4v) is 11.9. The highest BCUT2D eigenvalue weighted by Crippen LogP contribution is 2.16. The first-order valence-corrected chi connectivity index (χ1v) is 37.7. The Kier molecular flexibility index (Phi) is 70.4. The molecule has 85 heavy (non-hydrogen) atoms. The number of hydrogen-bond acceptors (Lipinski definition) is 14. The summed E-state index contributed by atoms with van der Waals surface area (Å²) in [4.78, 5) is 10.3. The highest BCUT2D eigenvalue weighted by atomic mass is 16.3. The zero-order chi connectivity index (χ0) is 61.8. The number of aliphatic hydroxyl groups excluding tert-OH is 3. The van der Waals surface area contributed by atoms with Crippen molar-refractivity contribution in [2.45, 2.75) is 303 Å². The van der Waals surface area contributed by atoms with Gasteiger partial charge >= 0.3 is 0 Å². The number of nitrogens with one attached hydrogen (secondary N) is 5. The van der Waals surface area contributed by atoms with Crippen LogP contribution in [-0.4, -0.2) is 210 Å². The highest BCUT2D eigenvalue weighted by molar-refractivity contribution is 4.72. The molecular weight excluding hydrogens is 1050 g/mol. The lowest BCUT2D eigenvalue weighted by atomic mass is 10.0. The summed E-state index contributed by atoms with van der Waals surface area (Å²) in [6.07, 6.45) is 51.0. The summed E-state index contributed by atoms with van der Waals surface area (Å²) in [5.41, 5.74) is 12.3. The maximum absolute atomic E-state index is 10.7. The van der Waals surface area contributed by atoms with E-state index in [9.17, 15) is 15.3 Å². The SMILES string of the molecule is CCCCCCCCCCCCCC(O)CNCCNCCN(CCNCCN(CCN)CCNCC(O)CCCCCCCCCCCCC)CCN(CCCCCC)CCN(CCN)CCNCC(O)CCCCCCCCCCCCC. The Hall–Kier alpha value is -0.560. The van der Waals surface area contributed by atoms with Crippen LogP contribution in [0, 0.1) is 0 Å². The lowest BCUT2D eigenvalue weighted by molar-refractivity contribution is 0.153. The number of unbranched alkanes of at least 4 members (excludes halogenated alkanes) is 33. The molecule has 0 aliphatic rings. The van der Waals surface area contributed by atoms with Gasteiger partial charge in [-0.2, -0.15) is 0 Å². The molecule has 0 aliphatic heterocycles. The summed E-state index contributed by atoms with van der Waals surface area (Å²) in [6, 6.07) is 0. The molecule has 0 radical (unpaired) electrons. The summed E-state index contributed by atoms with van der Waals surface area (Å²) in [7, 11) is 0. The number of hydrogen-bond donors (Lipinski definition) is 10. The van der Waals surface area contributed by atoms with Crippen LogP contribution in [0.5, 0.6) is 0 Å². The van der Waals surface area contributed by atoms with Gasteiger partial charge in [0, 0.05) is 151 Å². The van der Waals surface area contributed by atoms with Gasteiger partial charge in [0.2, 0.25) is 0 Å². The standard InChI is InChI=1S/C71H155N11O3/c1-5-9-13-17-20-23-26-29-32-35-38-42-69(83)66-76-48-47-74-49-58-82(59-51-75-50-57-80(55-45-72)60-52-77-67-70(84)43-39-36-33-30-27-24-21-18-14-10-6-2)65-63-79(54-41-16-12-8-4)62-64-81(56-46-73)61-53-78-68-71(85)44-40-37-34-31-28-25-22-19-15-11-7-3/h69-71,74-78,83-85H,5-68,72-73H2,1-4H3. The first kappa shape index (κ1) is 84.4. The van der Waals surface area contributed by atoms with Crippen LogP contribution >= 0.6 is 0 Å². The first-order valence-electron chi connectivity index (χ1n) is 37.7. The van der Waals surface area contributed by atoms with Gasteiger partial charge in [-0.1, -0.05) is 259 Å². The van der Waals surface area contributed by atoms with E-state index >= 15 is 0 Å². The molecule has 0 saturated carbocycles. The number of aliphatic hydroxyl groups is 3. The molecule has 512 valence electrons. The van der Waals surface area contributed by atoms with Gasteiger partial charge < -0.3 is 58.3 Å². The first-order chi connectivity index (χ1) is 41.8. The van der Waals surface area contributed by atoms with Crippen molar-refractivity contribution in [1.82, 2.24) is 46.2 Å². The third kappa shape index (κ3) is 64.8. The summed E-state index contributed by atoms with van der Waals surface area (Å²) in [5.74, 6) is 0. The number of nitrogens with zero attached hydrogens (tertiary/aromatic N) is 4. The van der Waals surface area contributed by atoms with Gasteiger partial charge in [0.1, 0.15) is 0 Å². The van der Waals surface area contributed by atoms with Crippen molar-refractivity contribution in [2.75, 3.05) is 157 Å². The maximum atomic E-state index is 10.7. The second-order valence-corrected chi connectivity index (χ2v) is 26.1. The molecule has 14 nitrogen and oxygen atoms in total. The van der Waals surface area contributed by atoms with E-state index in [4.69, 9.17) is 11.5 Å². The molecule has 0 heterocycles. The maximum Gasteiger partial charge on any atom is 0.0664 e. The second-order valence-electron chi connectivity index (χ2n) is 26.1. The van der Waals surface area contributed by atoms with Gasteiger partial charge in [0.05, 0.1) is 18.3 Å². The molecule has 0 saturated heterocycles. The molecule has 0 aromatic carbocycles. The van der Waals surface area contributed by atoms with E-state index in [-0.39, 0.29) is 18.3 Å².